The van der Waals surface area contributed by atoms with Crippen LogP contribution in [0.2, 0.25) is 0 Å². The maximum atomic E-state index is 12.8. The Morgan fingerprint density at radius 1 is 1.17 bits per heavy atom. The van der Waals surface area contributed by atoms with E-state index in [4.69, 9.17) is 4.74 Å². The number of imidazole rings is 1. The van der Waals surface area contributed by atoms with Gasteiger partial charge in [-0.05, 0) is 56.2 Å². The summed E-state index contributed by atoms with van der Waals surface area (Å²) < 4.78 is 7.42. The number of anilines is 2. The first kappa shape index (κ1) is 19.0. The Labute approximate surface area is 169 Å². The van der Waals surface area contributed by atoms with Gasteiger partial charge in [0.25, 0.3) is 5.91 Å². The van der Waals surface area contributed by atoms with Crippen molar-refractivity contribution in [2.45, 2.75) is 26.2 Å². The second-order valence-corrected chi connectivity index (χ2v) is 7.26. The third-order valence-corrected chi connectivity index (χ3v) is 5.42. The van der Waals surface area contributed by atoms with E-state index in [1.807, 2.05) is 24.6 Å². The van der Waals surface area contributed by atoms with Crippen LogP contribution in [0.5, 0.6) is 5.75 Å². The number of hydrogen-bond donors (Lipinski definition) is 1. The molecule has 0 saturated carbocycles. The highest BCUT2D eigenvalue weighted by Gasteiger charge is 2.23. The summed E-state index contributed by atoms with van der Waals surface area (Å²) in [7, 11) is 3.53. The molecule has 2 aromatic carbocycles. The van der Waals surface area contributed by atoms with Crippen molar-refractivity contribution in [3.63, 3.8) is 0 Å². The van der Waals surface area contributed by atoms with Crippen LogP contribution >= 0.6 is 0 Å². The van der Waals surface area contributed by atoms with E-state index < -0.39 is 0 Å². The number of benzene rings is 2. The molecule has 0 radical (unpaired) electrons. The first-order valence-corrected chi connectivity index (χ1v) is 9.71. The number of aryl methyl sites for hydroxylation is 2. The monoisotopic (exact) mass is 392 g/mol. The number of ether oxygens (including phenoxy) is 1. The zero-order valence-electron chi connectivity index (χ0n) is 16.9. The lowest BCUT2D eigenvalue weighted by Gasteiger charge is -2.28. The highest BCUT2D eigenvalue weighted by atomic mass is 16.5. The van der Waals surface area contributed by atoms with Gasteiger partial charge in [-0.2, -0.15) is 0 Å². The van der Waals surface area contributed by atoms with Crippen molar-refractivity contribution >= 4 is 34.2 Å². The van der Waals surface area contributed by atoms with Crippen LogP contribution in [0, 0.1) is 6.92 Å². The summed E-state index contributed by atoms with van der Waals surface area (Å²) in [4.78, 5) is 31.4. The van der Waals surface area contributed by atoms with Gasteiger partial charge in [-0.1, -0.05) is 0 Å². The van der Waals surface area contributed by atoms with Crippen LogP contribution in [0.1, 0.15) is 35.4 Å². The fourth-order valence-corrected chi connectivity index (χ4v) is 3.70. The van der Waals surface area contributed by atoms with E-state index in [-0.39, 0.29) is 11.8 Å². The fraction of sp³-hybridized carbons (Fsp3) is 0.318. The number of amides is 2. The number of aromatic nitrogens is 2. The average molecular weight is 392 g/mol. The van der Waals surface area contributed by atoms with Gasteiger partial charge in [-0.25, -0.2) is 4.98 Å². The maximum Gasteiger partial charge on any atom is 0.255 e. The Bertz CT molecular complexity index is 1100. The average Bonchev–Trinajstić information content (AvgIpc) is 3.01. The summed E-state index contributed by atoms with van der Waals surface area (Å²) in [5.74, 6) is 1.36. The molecule has 3 aromatic rings. The lowest BCUT2D eigenvalue weighted by atomic mass is 10.1. The molecule has 2 heterocycles. The van der Waals surface area contributed by atoms with Gasteiger partial charge in [-0.3, -0.25) is 9.59 Å². The molecule has 1 aliphatic rings. The quantitative estimate of drug-likeness (QED) is 0.735. The van der Waals surface area contributed by atoms with Crippen LogP contribution in [0.3, 0.4) is 0 Å². The summed E-state index contributed by atoms with van der Waals surface area (Å²) in [5, 5.41) is 2.92. The Morgan fingerprint density at radius 2 is 2.00 bits per heavy atom. The number of nitrogens with zero attached hydrogens (tertiary/aromatic N) is 3. The summed E-state index contributed by atoms with van der Waals surface area (Å²) in [5.41, 5.74) is 3.59. The van der Waals surface area contributed by atoms with Crippen molar-refractivity contribution in [1.82, 2.24) is 9.55 Å². The smallest absolute Gasteiger partial charge is 0.255 e. The van der Waals surface area contributed by atoms with E-state index in [0.29, 0.717) is 35.7 Å². The predicted octanol–water partition coefficient (Wildman–Crippen LogP) is 3.66. The number of piperidine rings is 1. The van der Waals surface area contributed by atoms with Crippen molar-refractivity contribution in [2.75, 3.05) is 23.9 Å². The predicted molar refractivity (Wildman–Crippen MR) is 113 cm³/mol. The summed E-state index contributed by atoms with van der Waals surface area (Å²) in [6.07, 6.45) is 2.39. The van der Waals surface area contributed by atoms with Crippen LogP contribution in [-0.2, 0) is 11.8 Å². The first-order chi connectivity index (χ1) is 14.0. The van der Waals surface area contributed by atoms with Crippen LogP contribution in [0.25, 0.3) is 11.0 Å². The van der Waals surface area contributed by atoms with Crippen molar-refractivity contribution in [3.05, 3.63) is 47.8 Å². The van der Waals surface area contributed by atoms with E-state index in [2.05, 4.69) is 10.3 Å². The molecule has 29 heavy (non-hydrogen) atoms. The Morgan fingerprint density at radius 3 is 2.76 bits per heavy atom. The minimum atomic E-state index is -0.226. The number of carbonyl (C=O) groups excluding carboxylic acids is 2. The molecule has 0 atom stereocenters. The van der Waals surface area contributed by atoms with E-state index in [9.17, 15) is 9.59 Å². The first-order valence-electron chi connectivity index (χ1n) is 9.71. The molecule has 1 fully saturated rings. The molecule has 1 N–H and O–H groups in total. The van der Waals surface area contributed by atoms with Crippen molar-refractivity contribution in [2.24, 2.45) is 7.05 Å². The van der Waals surface area contributed by atoms with E-state index in [0.717, 1.165) is 29.7 Å². The Hall–Kier alpha value is -3.35. The highest BCUT2D eigenvalue weighted by Crippen LogP contribution is 2.33. The van der Waals surface area contributed by atoms with E-state index in [1.165, 1.54) is 0 Å². The molecule has 4 rings (SSSR count). The third-order valence-electron chi connectivity index (χ3n) is 5.42. The van der Waals surface area contributed by atoms with Gasteiger partial charge in [0, 0.05) is 31.3 Å². The van der Waals surface area contributed by atoms with Crippen molar-refractivity contribution in [1.29, 1.82) is 0 Å². The molecular weight excluding hydrogens is 368 g/mol. The van der Waals surface area contributed by atoms with E-state index >= 15 is 0 Å². The molecule has 7 nitrogen and oxygen atoms in total. The van der Waals surface area contributed by atoms with Crippen LogP contribution in [-0.4, -0.2) is 35.0 Å². The molecular formula is C22H24N4O3. The van der Waals surface area contributed by atoms with Gasteiger partial charge in [0.1, 0.15) is 11.6 Å². The van der Waals surface area contributed by atoms with Crippen LogP contribution in [0.4, 0.5) is 11.4 Å². The zero-order chi connectivity index (χ0) is 20.5. The number of methoxy groups -OCH3 is 1. The Balaban J connectivity index is 1.61. The maximum absolute atomic E-state index is 12.8. The van der Waals surface area contributed by atoms with Crippen LogP contribution < -0.4 is 15.0 Å². The molecule has 1 aromatic heterocycles. The number of hydrogen-bond acceptors (Lipinski definition) is 4. The normalized spacial score (nSPS) is 14.3. The topological polar surface area (TPSA) is 76.5 Å². The number of rotatable bonds is 4. The van der Waals surface area contributed by atoms with Gasteiger partial charge in [0.15, 0.2) is 0 Å². The summed E-state index contributed by atoms with van der Waals surface area (Å²) in [6.45, 7) is 2.59. The lowest BCUT2D eigenvalue weighted by molar-refractivity contribution is -0.119. The van der Waals surface area contributed by atoms with E-state index in [1.54, 1.807) is 42.3 Å². The molecule has 0 bridgehead atoms. The summed E-state index contributed by atoms with van der Waals surface area (Å²) >= 11 is 0. The molecule has 150 valence electrons. The standard InChI is InChI=1S/C22H24N4O3/c1-14-23-17-12-15(7-9-18(17)25(14)2)22(28)24-16-8-10-20(29-3)19(13-16)26-11-5-4-6-21(26)27/h7-10,12-13H,4-6,11H2,1-3H3,(H,24,28). The summed E-state index contributed by atoms with van der Waals surface area (Å²) in [6, 6.07) is 10.8. The molecule has 7 heteroatoms. The minimum absolute atomic E-state index is 0.0778. The lowest BCUT2D eigenvalue weighted by Crippen LogP contribution is -2.35. The van der Waals surface area contributed by atoms with Gasteiger partial charge in [-0.15, -0.1) is 0 Å². The minimum Gasteiger partial charge on any atom is -0.495 e. The molecule has 0 spiro atoms. The van der Waals surface area contributed by atoms with Gasteiger partial charge >= 0.3 is 0 Å². The fourth-order valence-electron chi connectivity index (χ4n) is 3.70. The molecule has 2 amide bonds. The second-order valence-electron chi connectivity index (χ2n) is 7.26. The Kier molecular flexibility index (Phi) is 4.96. The van der Waals surface area contributed by atoms with Crippen LogP contribution in [0.15, 0.2) is 36.4 Å². The number of carbonyl (C=O) groups is 2. The molecule has 1 saturated heterocycles. The molecule has 1 aliphatic heterocycles. The highest BCUT2D eigenvalue weighted by molar-refractivity contribution is 6.06. The third kappa shape index (κ3) is 3.55. The number of nitrogens with one attached hydrogen (secondary N) is 1. The largest absolute Gasteiger partial charge is 0.495 e. The van der Waals surface area contributed by atoms with Crippen molar-refractivity contribution in [3.8, 4) is 5.75 Å². The van der Waals surface area contributed by atoms with Gasteiger partial charge in [0.05, 0.1) is 23.8 Å². The zero-order valence-corrected chi connectivity index (χ0v) is 16.9. The molecule has 0 unspecified atom stereocenters. The van der Waals surface area contributed by atoms with Crippen molar-refractivity contribution < 1.29 is 14.3 Å². The second kappa shape index (κ2) is 7.58. The SMILES string of the molecule is COc1ccc(NC(=O)c2ccc3c(c2)nc(C)n3C)cc1N1CCCCC1=O. The van der Waals surface area contributed by atoms with Gasteiger partial charge in [0.2, 0.25) is 5.91 Å². The molecule has 0 aliphatic carbocycles. The number of fused-ring (bicyclic) bond motifs is 1. The van der Waals surface area contributed by atoms with Gasteiger partial charge < -0.3 is 19.5 Å².